The predicted molar refractivity (Wildman–Crippen MR) is 86.4 cm³/mol. The number of hydrogen-bond acceptors (Lipinski definition) is 3. The molecule has 0 aliphatic rings. The van der Waals surface area contributed by atoms with Crippen molar-refractivity contribution in [1.29, 1.82) is 0 Å². The fraction of sp³-hybridized carbons (Fsp3) is 0.500. The fourth-order valence-electron chi connectivity index (χ4n) is 2.33. The number of imidazole rings is 1. The second kappa shape index (κ2) is 7.67. The smallest absolute Gasteiger partial charge is 0.181 e. The molecule has 2 aromatic rings. The van der Waals surface area contributed by atoms with Gasteiger partial charge in [0.1, 0.15) is 6.33 Å². The molecule has 21 heavy (non-hydrogen) atoms. The molecule has 0 atom stereocenters. The molecule has 0 aliphatic heterocycles. The minimum absolute atomic E-state index is 0.901. The van der Waals surface area contributed by atoms with Crippen molar-refractivity contribution < 1.29 is 0 Å². The zero-order valence-corrected chi connectivity index (χ0v) is 13.2. The molecule has 0 saturated carbocycles. The Balaban J connectivity index is 2.20. The predicted octanol–water partition coefficient (Wildman–Crippen LogP) is 3.04. The Hall–Kier alpha value is -2.04. The molecule has 0 saturated heterocycles. The maximum absolute atomic E-state index is 4.62. The SMILES string of the molecule is CCCCCCn1cccc1C(=NN(C)C)n1ccnc1. The van der Waals surface area contributed by atoms with Gasteiger partial charge in [-0.3, -0.25) is 4.57 Å². The fourth-order valence-corrected chi connectivity index (χ4v) is 2.33. The molecule has 5 nitrogen and oxygen atoms in total. The van der Waals surface area contributed by atoms with Gasteiger partial charge < -0.3 is 9.58 Å². The second-order valence-corrected chi connectivity index (χ2v) is 5.39. The maximum atomic E-state index is 4.62. The molecule has 0 bridgehead atoms. The lowest BCUT2D eigenvalue weighted by atomic mass is 10.2. The quantitative estimate of drug-likeness (QED) is 0.340. The van der Waals surface area contributed by atoms with Gasteiger partial charge >= 0.3 is 0 Å². The van der Waals surface area contributed by atoms with Crippen LogP contribution in [0.15, 0.2) is 42.2 Å². The number of aryl methyl sites for hydroxylation is 1. The van der Waals surface area contributed by atoms with Crippen molar-refractivity contribution in [3.63, 3.8) is 0 Å². The summed E-state index contributed by atoms with van der Waals surface area (Å²) in [6, 6.07) is 4.19. The van der Waals surface area contributed by atoms with E-state index in [1.807, 2.05) is 29.9 Å². The Bertz CT molecular complexity index is 551. The summed E-state index contributed by atoms with van der Waals surface area (Å²) in [7, 11) is 3.87. The molecule has 0 radical (unpaired) electrons. The van der Waals surface area contributed by atoms with Gasteiger partial charge in [0.2, 0.25) is 0 Å². The van der Waals surface area contributed by atoms with Crippen molar-refractivity contribution in [3.8, 4) is 0 Å². The average Bonchev–Trinajstić information content (AvgIpc) is 3.12. The Labute approximate surface area is 126 Å². The van der Waals surface area contributed by atoms with Crippen LogP contribution >= 0.6 is 0 Å². The Morgan fingerprint density at radius 2 is 2.10 bits per heavy atom. The van der Waals surface area contributed by atoms with E-state index in [2.05, 4.69) is 39.9 Å². The van der Waals surface area contributed by atoms with Gasteiger partial charge in [0.15, 0.2) is 5.84 Å². The molecule has 0 fully saturated rings. The summed E-state index contributed by atoms with van der Waals surface area (Å²) < 4.78 is 4.23. The molecule has 0 N–H and O–H groups in total. The van der Waals surface area contributed by atoms with Crippen LogP contribution in [0, 0.1) is 0 Å². The molecule has 2 rings (SSSR count). The lowest BCUT2D eigenvalue weighted by molar-refractivity contribution is 0.435. The summed E-state index contributed by atoms with van der Waals surface area (Å²) in [5.41, 5.74) is 1.12. The molecule has 0 unspecified atom stereocenters. The van der Waals surface area contributed by atoms with Crippen LogP contribution in [-0.2, 0) is 6.54 Å². The molecule has 5 heteroatoms. The number of nitrogens with zero attached hydrogens (tertiary/aromatic N) is 5. The van der Waals surface area contributed by atoms with Crippen molar-refractivity contribution in [2.75, 3.05) is 14.1 Å². The van der Waals surface area contributed by atoms with Crippen molar-refractivity contribution in [1.82, 2.24) is 19.1 Å². The van der Waals surface area contributed by atoms with E-state index in [4.69, 9.17) is 0 Å². The third-order valence-electron chi connectivity index (χ3n) is 3.35. The third-order valence-corrected chi connectivity index (χ3v) is 3.35. The van der Waals surface area contributed by atoms with Crippen molar-refractivity contribution >= 4 is 5.84 Å². The van der Waals surface area contributed by atoms with Gasteiger partial charge in [-0.1, -0.05) is 26.2 Å². The summed E-state index contributed by atoms with van der Waals surface area (Å²) in [5.74, 6) is 0.901. The Morgan fingerprint density at radius 1 is 1.24 bits per heavy atom. The normalized spacial score (nSPS) is 11.9. The first-order valence-electron chi connectivity index (χ1n) is 7.62. The van der Waals surface area contributed by atoms with E-state index in [9.17, 15) is 0 Å². The number of rotatable bonds is 7. The van der Waals surface area contributed by atoms with Crippen LogP contribution in [0.1, 0.15) is 38.3 Å². The molecule has 114 valence electrons. The molecule has 0 aliphatic carbocycles. The summed E-state index contributed by atoms with van der Waals surface area (Å²) in [5, 5.41) is 6.44. The molecule has 0 spiro atoms. The topological polar surface area (TPSA) is 38.4 Å². The van der Waals surface area contributed by atoms with Crippen LogP contribution in [0.3, 0.4) is 0 Å². The molecule has 2 aromatic heterocycles. The zero-order valence-electron chi connectivity index (χ0n) is 13.2. The van der Waals surface area contributed by atoms with Crippen molar-refractivity contribution in [2.24, 2.45) is 5.10 Å². The standard InChI is InChI=1S/C16H25N5/c1-4-5-6-7-11-20-12-8-9-15(20)16(18-19(2)3)21-13-10-17-14-21/h8-10,12-14H,4-7,11H2,1-3H3. The monoisotopic (exact) mass is 287 g/mol. The van der Waals surface area contributed by atoms with E-state index >= 15 is 0 Å². The maximum Gasteiger partial charge on any atom is 0.181 e. The molecular formula is C16H25N5. The number of hydrazone groups is 1. The molecule has 0 amide bonds. The van der Waals surface area contributed by atoms with Crippen LogP contribution in [-0.4, -0.2) is 39.1 Å². The molecule has 2 heterocycles. The first-order valence-corrected chi connectivity index (χ1v) is 7.62. The first-order chi connectivity index (χ1) is 10.2. The van der Waals surface area contributed by atoms with Crippen LogP contribution in [0.2, 0.25) is 0 Å². The van der Waals surface area contributed by atoms with Gasteiger partial charge in [0.25, 0.3) is 0 Å². The first kappa shape index (κ1) is 15.4. The summed E-state index contributed by atoms with van der Waals surface area (Å²) >= 11 is 0. The van der Waals surface area contributed by atoms with Gasteiger partial charge in [0.05, 0.1) is 5.69 Å². The highest BCUT2D eigenvalue weighted by Gasteiger charge is 2.11. The van der Waals surface area contributed by atoms with E-state index in [1.54, 1.807) is 12.5 Å². The Kier molecular flexibility index (Phi) is 5.60. The highest BCUT2D eigenvalue weighted by atomic mass is 15.4. The Morgan fingerprint density at radius 3 is 2.76 bits per heavy atom. The van der Waals surface area contributed by atoms with Crippen LogP contribution < -0.4 is 0 Å². The van der Waals surface area contributed by atoms with Gasteiger partial charge in [-0.15, -0.1) is 0 Å². The lowest BCUT2D eigenvalue weighted by Crippen LogP contribution is -2.20. The molecular weight excluding hydrogens is 262 g/mol. The van der Waals surface area contributed by atoms with Crippen LogP contribution in [0.5, 0.6) is 0 Å². The van der Waals surface area contributed by atoms with E-state index < -0.39 is 0 Å². The van der Waals surface area contributed by atoms with E-state index in [0.29, 0.717) is 0 Å². The van der Waals surface area contributed by atoms with Gasteiger partial charge in [-0.05, 0) is 18.6 Å². The number of hydrogen-bond donors (Lipinski definition) is 0. The minimum atomic E-state index is 0.901. The summed E-state index contributed by atoms with van der Waals surface area (Å²) in [4.78, 5) is 4.13. The molecule has 0 aromatic carbocycles. The van der Waals surface area contributed by atoms with Crippen molar-refractivity contribution in [3.05, 3.63) is 42.7 Å². The highest BCUT2D eigenvalue weighted by Crippen LogP contribution is 2.10. The van der Waals surface area contributed by atoms with Crippen LogP contribution in [0.25, 0.3) is 0 Å². The highest BCUT2D eigenvalue weighted by molar-refractivity contribution is 5.98. The largest absolute Gasteiger partial charge is 0.345 e. The van der Waals surface area contributed by atoms with E-state index in [1.165, 1.54) is 25.7 Å². The lowest BCUT2D eigenvalue weighted by Gasteiger charge is -2.14. The van der Waals surface area contributed by atoms with Gasteiger partial charge in [-0.25, -0.2) is 4.98 Å². The minimum Gasteiger partial charge on any atom is -0.345 e. The number of unbranched alkanes of at least 4 members (excludes halogenated alkanes) is 3. The average molecular weight is 287 g/mol. The third kappa shape index (κ3) is 4.21. The second-order valence-electron chi connectivity index (χ2n) is 5.39. The van der Waals surface area contributed by atoms with Crippen LogP contribution in [0.4, 0.5) is 0 Å². The zero-order chi connectivity index (χ0) is 15.1. The summed E-state index contributed by atoms with van der Waals surface area (Å²) in [6.45, 7) is 3.27. The van der Waals surface area contributed by atoms with Gasteiger partial charge in [0, 0.05) is 39.2 Å². The van der Waals surface area contributed by atoms with Crippen molar-refractivity contribution in [2.45, 2.75) is 39.2 Å². The summed E-state index contributed by atoms with van der Waals surface area (Å²) in [6.07, 6.45) is 12.7. The number of aromatic nitrogens is 3. The van der Waals surface area contributed by atoms with Gasteiger partial charge in [-0.2, -0.15) is 5.10 Å². The van der Waals surface area contributed by atoms with E-state index in [-0.39, 0.29) is 0 Å². The van der Waals surface area contributed by atoms with E-state index in [0.717, 1.165) is 18.1 Å².